The van der Waals surface area contributed by atoms with Crippen molar-refractivity contribution in [1.82, 2.24) is 9.46 Å². The first-order valence-electron chi connectivity index (χ1n) is 8.18. The molecule has 25 heavy (non-hydrogen) atoms. The first-order valence-corrected chi connectivity index (χ1v) is 8.18. The fourth-order valence-electron chi connectivity index (χ4n) is 3.04. The number of carbonyl (C=O) groups is 1. The molecule has 0 aliphatic rings. The van der Waals surface area contributed by atoms with Crippen LogP contribution in [-0.4, -0.2) is 22.8 Å². The molecule has 0 spiro atoms. The van der Waals surface area contributed by atoms with E-state index in [1.165, 1.54) is 0 Å². The third-order valence-corrected chi connectivity index (χ3v) is 4.23. The summed E-state index contributed by atoms with van der Waals surface area (Å²) >= 11 is 0. The number of rotatable bonds is 4. The number of aromatic nitrogens is 2. The van der Waals surface area contributed by atoms with Crippen LogP contribution in [0.3, 0.4) is 0 Å². The highest BCUT2D eigenvalue weighted by molar-refractivity contribution is 6.36. The maximum Gasteiger partial charge on any atom is 0.373 e. The van der Waals surface area contributed by atoms with Crippen LogP contribution in [0.5, 0.6) is 0 Å². The van der Waals surface area contributed by atoms with Crippen molar-refractivity contribution in [3.8, 4) is 0 Å². The van der Waals surface area contributed by atoms with Crippen LogP contribution in [0.25, 0.3) is 21.8 Å². The van der Waals surface area contributed by atoms with Gasteiger partial charge in [-0.2, -0.15) is 0 Å². The Labute approximate surface area is 146 Å². The van der Waals surface area contributed by atoms with E-state index in [2.05, 4.69) is 11.1 Å². The van der Waals surface area contributed by atoms with Gasteiger partial charge in [-0.05, 0) is 17.0 Å². The average Bonchev–Trinajstić information content (AvgIpc) is 3.06. The van der Waals surface area contributed by atoms with Gasteiger partial charge in [0, 0.05) is 5.39 Å². The predicted octanol–water partition coefficient (Wildman–Crippen LogP) is 4.06. The van der Waals surface area contributed by atoms with Gasteiger partial charge in [-0.15, -0.1) is 0 Å². The zero-order valence-electron chi connectivity index (χ0n) is 13.8. The molecule has 121 valence electrons. The average molecular weight is 327 g/mol. The minimum absolute atomic E-state index is 0.230. The molecule has 4 nitrogen and oxygen atoms in total. The molecule has 0 aliphatic heterocycles. The standard InChI is InChI=1S/C20H16BN2O2/c1-21-23-18-16-10-6-5-9-15(16)11-12-17(18)22-19(23)20(24)25-13-14-7-3-2-4-8-14/h2-12H,13H2,1H3. The van der Waals surface area contributed by atoms with E-state index in [0.717, 1.165) is 27.4 Å². The van der Waals surface area contributed by atoms with Gasteiger partial charge >= 0.3 is 5.97 Å². The summed E-state index contributed by atoms with van der Waals surface area (Å²) in [5.74, 6) is -0.132. The van der Waals surface area contributed by atoms with E-state index in [9.17, 15) is 4.79 Å². The fraction of sp³-hybridized carbons (Fsp3) is 0.100. The van der Waals surface area contributed by atoms with E-state index in [0.29, 0.717) is 5.82 Å². The van der Waals surface area contributed by atoms with Crippen molar-refractivity contribution in [2.75, 3.05) is 0 Å². The fourth-order valence-corrected chi connectivity index (χ4v) is 3.04. The molecule has 1 radical (unpaired) electrons. The van der Waals surface area contributed by atoms with Gasteiger partial charge in [0.05, 0.1) is 11.0 Å². The summed E-state index contributed by atoms with van der Waals surface area (Å²) in [6.07, 6.45) is 0. The summed E-state index contributed by atoms with van der Waals surface area (Å²) in [5, 5.41) is 2.18. The second-order valence-electron chi connectivity index (χ2n) is 5.78. The Balaban J connectivity index is 1.74. The Bertz CT molecular complexity index is 1060. The number of carbonyl (C=O) groups excluding carboxylic acids is 1. The summed E-state index contributed by atoms with van der Waals surface area (Å²) in [5.41, 5.74) is 2.65. The minimum atomic E-state index is -0.428. The SMILES string of the molecule is C[B]n1c(C(=O)OCc2ccccc2)nc2ccc3ccccc3c21. The Morgan fingerprint density at radius 3 is 2.60 bits per heavy atom. The summed E-state index contributed by atoms with van der Waals surface area (Å²) < 4.78 is 7.27. The maximum atomic E-state index is 12.6. The molecule has 0 unspecified atom stereocenters. The largest absolute Gasteiger partial charge is 0.455 e. The van der Waals surface area contributed by atoms with E-state index in [1.807, 2.05) is 79.4 Å². The molecule has 1 aromatic heterocycles. The normalized spacial score (nSPS) is 10.9. The van der Waals surface area contributed by atoms with Gasteiger partial charge in [-0.3, -0.25) is 0 Å². The number of ether oxygens (including phenoxy) is 1. The monoisotopic (exact) mass is 327 g/mol. The van der Waals surface area contributed by atoms with Crippen molar-refractivity contribution < 1.29 is 9.53 Å². The topological polar surface area (TPSA) is 44.1 Å². The highest BCUT2D eigenvalue weighted by Gasteiger charge is 2.19. The Morgan fingerprint density at radius 1 is 1.04 bits per heavy atom. The van der Waals surface area contributed by atoms with E-state index >= 15 is 0 Å². The second kappa shape index (κ2) is 6.44. The molecule has 0 saturated carbocycles. The van der Waals surface area contributed by atoms with Gasteiger partial charge in [0.2, 0.25) is 5.82 Å². The van der Waals surface area contributed by atoms with Crippen molar-refractivity contribution in [3.63, 3.8) is 0 Å². The predicted molar refractivity (Wildman–Crippen MR) is 99.8 cm³/mol. The van der Waals surface area contributed by atoms with Crippen molar-refractivity contribution in [2.24, 2.45) is 0 Å². The van der Waals surface area contributed by atoms with Crippen LogP contribution >= 0.6 is 0 Å². The van der Waals surface area contributed by atoms with Gasteiger partial charge in [0.15, 0.2) is 0 Å². The third-order valence-electron chi connectivity index (χ3n) is 4.23. The highest BCUT2D eigenvalue weighted by atomic mass is 16.5. The lowest BCUT2D eigenvalue weighted by Gasteiger charge is -2.08. The molecule has 0 bridgehead atoms. The summed E-state index contributed by atoms with van der Waals surface area (Å²) in [6.45, 7) is 2.12. The van der Waals surface area contributed by atoms with Crippen LogP contribution < -0.4 is 0 Å². The van der Waals surface area contributed by atoms with Crippen LogP contribution in [-0.2, 0) is 11.3 Å². The molecule has 0 fully saturated rings. The van der Waals surface area contributed by atoms with Crippen molar-refractivity contribution in [3.05, 3.63) is 78.1 Å². The zero-order chi connectivity index (χ0) is 17.2. The molecule has 4 aromatic rings. The molecular formula is C20H16BN2O2. The van der Waals surface area contributed by atoms with Crippen molar-refractivity contribution in [2.45, 2.75) is 13.4 Å². The van der Waals surface area contributed by atoms with Crippen molar-refractivity contribution >= 4 is 35.2 Å². The Hall–Kier alpha value is -3.08. The van der Waals surface area contributed by atoms with E-state index in [1.54, 1.807) is 0 Å². The highest BCUT2D eigenvalue weighted by Crippen LogP contribution is 2.26. The van der Waals surface area contributed by atoms with E-state index in [-0.39, 0.29) is 6.61 Å². The van der Waals surface area contributed by atoms with Crippen LogP contribution in [0.1, 0.15) is 16.2 Å². The summed E-state index contributed by atoms with van der Waals surface area (Å²) in [4.78, 5) is 17.1. The van der Waals surface area contributed by atoms with E-state index < -0.39 is 5.97 Å². The van der Waals surface area contributed by atoms with Gasteiger partial charge in [-0.25, -0.2) is 9.78 Å². The van der Waals surface area contributed by atoms with Crippen molar-refractivity contribution in [1.29, 1.82) is 0 Å². The lowest BCUT2D eigenvalue weighted by atomic mass is 9.97. The van der Waals surface area contributed by atoms with Gasteiger partial charge in [-0.1, -0.05) is 67.5 Å². The summed E-state index contributed by atoms with van der Waals surface area (Å²) in [6, 6.07) is 21.7. The zero-order valence-corrected chi connectivity index (χ0v) is 13.8. The van der Waals surface area contributed by atoms with Gasteiger partial charge in [0.25, 0.3) is 7.41 Å². The second-order valence-corrected chi connectivity index (χ2v) is 5.78. The van der Waals surface area contributed by atoms with Crippen LogP contribution in [0.2, 0.25) is 6.82 Å². The van der Waals surface area contributed by atoms with Gasteiger partial charge in [0.1, 0.15) is 6.61 Å². The van der Waals surface area contributed by atoms with Gasteiger partial charge < -0.3 is 9.21 Å². The molecule has 3 aromatic carbocycles. The summed E-state index contributed by atoms with van der Waals surface area (Å²) in [7, 11) is 1.85. The number of nitrogens with zero attached hydrogens (tertiary/aromatic N) is 2. The Morgan fingerprint density at radius 2 is 1.80 bits per heavy atom. The van der Waals surface area contributed by atoms with Crippen LogP contribution in [0.15, 0.2) is 66.7 Å². The quantitative estimate of drug-likeness (QED) is 0.419. The Kier molecular flexibility index (Phi) is 3.98. The number of benzene rings is 3. The molecule has 0 aliphatic carbocycles. The molecule has 0 amide bonds. The van der Waals surface area contributed by atoms with E-state index in [4.69, 9.17) is 4.74 Å². The maximum absolute atomic E-state index is 12.6. The number of esters is 1. The smallest absolute Gasteiger partial charge is 0.373 e. The molecular weight excluding hydrogens is 311 g/mol. The van der Waals surface area contributed by atoms with Crippen LogP contribution in [0.4, 0.5) is 0 Å². The number of hydrogen-bond acceptors (Lipinski definition) is 3. The molecule has 4 rings (SSSR count). The van der Waals surface area contributed by atoms with Crippen LogP contribution in [0, 0.1) is 0 Å². The third kappa shape index (κ3) is 2.78. The molecule has 0 atom stereocenters. The first kappa shape index (κ1) is 15.5. The first-order chi connectivity index (χ1) is 12.3. The molecule has 1 heterocycles. The number of hydrogen-bond donors (Lipinski definition) is 0. The number of fused-ring (bicyclic) bond motifs is 3. The minimum Gasteiger partial charge on any atom is -0.455 e. The molecule has 0 saturated heterocycles. The molecule has 5 heteroatoms. The lowest BCUT2D eigenvalue weighted by Crippen LogP contribution is -2.15. The molecule has 0 N–H and O–H groups in total. The lowest BCUT2D eigenvalue weighted by molar-refractivity contribution is 0.0458. The number of imidazole rings is 1.